The van der Waals surface area contributed by atoms with Crippen molar-refractivity contribution in [3.63, 3.8) is 0 Å². The Morgan fingerprint density at radius 1 is 1.20 bits per heavy atom. The molecule has 0 aliphatic rings. The molecule has 0 saturated carbocycles. The third-order valence-corrected chi connectivity index (χ3v) is 4.14. The van der Waals surface area contributed by atoms with Crippen LogP contribution in [0.3, 0.4) is 0 Å². The highest BCUT2D eigenvalue weighted by atomic mass is 35.5. The zero-order chi connectivity index (χ0) is 21.7. The summed E-state index contributed by atoms with van der Waals surface area (Å²) in [6, 6.07) is 10.5. The Hall–Kier alpha value is -3.13. The molecule has 0 unspecified atom stereocenters. The first-order chi connectivity index (χ1) is 14.3. The van der Waals surface area contributed by atoms with Crippen LogP contribution in [0.1, 0.15) is 18.1 Å². The number of anilines is 1. The Kier molecular flexibility index (Phi) is 6.56. The highest BCUT2D eigenvalue weighted by Gasteiger charge is 2.30. The van der Waals surface area contributed by atoms with E-state index < -0.39 is 11.7 Å². The lowest BCUT2D eigenvalue weighted by atomic mass is 10.1. The maximum absolute atomic E-state index is 13.1. The third-order valence-electron chi connectivity index (χ3n) is 4.03. The van der Waals surface area contributed by atoms with Crippen molar-refractivity contribution in [3.05, 3.63) is 65.2 Å². The van der Waals surface area contributed by atoms with E-state index in [9.17, 15) is 13.2 Å². The molecule has 0 atom stereocenters. The van der Waals surface area contributed by atoms with Crippen LogP contribution in [-0.4, -0.2) is 29.3 Å². The van der Waals surface area contributed by atoms with Gasteiger partial charge < -0.3 is 10.2 Å². The summed E-state index contributed by atoms with van der Waals surface area (Å²) in [5.74, 6) is 0.794. The van der Waals surface area contributed by atoms with E-state index in [1.165, 1.54) is 12.3 Å². The molecule has 0 bridgehead atoms. The smallest absolute Gasteiger partial charge is 0.390 e. The van der Waals surface area contributed by atoms with Crippen molar-refractivity contribution < 1.29 is 18.0 Å². The van der Waals surface area contributed by atoms with E-state index in [1.807, 2.05) is 6.92 Å². The van der Waals surface area contributed by atoms with Crippen LogP contribution < -0.4 is 5.32 Å². The number of nitrogens with one attached hydrogen (secondary N) is 1. The third kappa shape index (κ3) is 5.27. The summed E-state index contributed by atoms with van der Waals surface area (Å²) < 4.78 is 39.3. The minimum absolute atomic E-state index is 0.105. The second-order valence-corrected chi connectivity index (χ2v) is 6.84. The van der Waals surface area contributed by atoms with Crippen molar-refractivity contribution in [2.75, 3.05) is 18.5 Å². The van der Waals surface area contributed by atoms with Crippen LogP contribution in [0.4, 0.5) is 19.0 Å². The molecule has 1 heterocycles. The molecule has 5 nitrogen and oxygen atoms in total. The molecular weight excluding hydrogens is 417 g/mol. The van der Waals surface area contributed by atoms with Crippen molar-refractivity contribution in [1.29, 1.82) is 0 Å². The maximum Gasteiger partial charge on any atom is 0.416 e. The first-order valence-corrected chi connectivity index (χ1v) is 9.37. The lowest BCUT2D eigenvalue weighted by molar-refractivity contribution is -0.137. The zero-order valence-electron chi connectivity index (χ0n) is 16.0. The predicted molar refractivity (Wildman–Crippen MR) is 113 cm³/mol. The first kappa shape index (κ1) is 21.6. The quantitative estimate of drug-likeness (QED) is 0.374. The average molecular weight is 435 g/mol. The monoisotopic (exact) mass is 434 g/mol. The molecule has 2 aromatic carbocycles. The van der Waals surface area contributed by atoms with Crippen LogP contribution in [0.15, 0.2) is 59.2 Å². The van der Waals surface area contributed by atoms with Crippen LogP contribution in [-0.2, 0) is 11.0 Å². The highest BCUT2D eigenvalue weighted by molar-refractivity contribution is 6.29. The molecule has 3 rings (SSSR count). The van der Waals surface area contributed by atoms with E-state index in [0.717, 1.165) is 17.7 Å². The molecule has 0 fully saturated rings. The van der Waals surface area contributed by atoms with Gasteiger partial charge in [-0.25, -0.2) is 9.97 Å². The predicted octanol–water partition coefficient (Wildman–Crippen LogP) is 5.85. The van der Waals surface area contributed by atoms with Gasteiger partial charge >= 0.3 is 6.18 Å². The Balaban J connectivity index is 1.95. The fraction of sp³-hybridized carbons (Fsp3) is 0.190. The summed E-state index contributed by atoms with van der Waals surface area (Å²) in [6.45, 7) is 6.04. The van der Waals surface area contributed by atoms with Crippen molar-refractivity contribution >= 4 is 34.5 Å². The SMILES string of the molecule is C=C(Cl)CO/N=C/c1ccc(-c2nc(NCC)c3ccc(C(F)(F)F)cc3n2)cc1. The number of alkyl halides is 3. The molecule has 0 spiro atoms. The highest BCUT2D eigenvalue weighted by Crippen LogP contribution is 2.33. The number of hydrogen-bond donors (Lipinski definition) is 1. The maximum atomic E-state index is 13.1. The molecule has 0 aliphatic carbocycles. The minimum atomic E-state index is -4.45. The van der Waals surface area contributed by atoms with E-state index in [2.05, 4.69) is 27.0 Å². The standard InChI is InChI=1S/C21H18ClF3N4O/c1-3-26-20-17-9-8-16(21(23,24)25)10-18(17)28-19(29-20)15-6-4-14(5-7-15)11-27-30-12-13(2)22/h4-11H,2-3,12H2,1H3,(H,26,28,29)/b27-11+. The van der Waals surface area contributed by atoms with Gasteiger partial charge in [-0.05, 0) is 30.7 Å². The fourth-order valence-corrected chi connectivity index (χ4v) is 2.71. The van der Waals surface area contributed by atoms with E-state index >= 15 is 0 Å². The molecule has 0 aliphatic heterocycles. The number of halogens is 4. The summed E-state index contributed by atoms with van der Waals surface area (Å²) in [4.78, 5) is 13.8. The van der Waals surface area contributed by atoms with E-state index in [-0.39, 0.29) is 12.1 Å². The largest absolute Gasteiger partial charge is 0.416 e. The second kappa shape index (κ2) is 9.13. The lowest BCUT2D eigenvalue weighted by Crippen LogP contribution is -2.07. The molecule has 3 aromatic rings. The van der Waals surface area contributed by atoms with Crippen LogP contribution in [0.5, 0.6) is 0 Å². The van der Waals surface area contributed by atoms with Crippen LogP contribution in [0, 0.1) is 0 Å². The number of nitrogens with zero attached hydrogens (tertiary/aromatic N) is 3. The van der Waals surface area contributed by atoms with Gasteiger partial charge in [0.25, 0.3) is 0 Å². The number of fused-ring (bicyclic) bond motifs is 1. The molecule has 30 heavy (non-hydrogen) atoms. The molecule has 0 radical (unpaired) electrons. The van der Waals surface area contributed by atoms with E-state index in [1.54, 1.807) is 24.3 Å². The molecule has 1 aromatic heterocycles. The Bertz CT molecular complexity index is 1080. The molecule has 9 heteroatoms. The summed E-state index contributed by atoms with van der Waals surface area (Å²) in [5.41, 5.74) is 0.867. The summed E-state index contributed by atoms with van der Waals surface area (Å²) >= 11 is 5.58. The van der Waals surface area contributed by atoms with Gasteiger partial charge in [-0.1, -0.05) is 47.6 Å². The van der Waals surface area contributed by atoms with E-state index in [4.69, 9.17) is 16.4 Å². The normalized spacial score (nSPS) is 11.8. The molecular formula is C21H18ClF3N4O. The summed E-state index contributed by atoms with van der Waals surface area (Å²) in [6.07, 6.45) is -2.94. The number of hydrogen-bond acceptors (Lipinski definition) is 5. The molecule has 1 N–H and O–H groups in total. The molecule has 0 amide bonds. The second-order valence-electron chi connectivity index (χ2n) is 6.30. The van der Waals surface area contributed by atoms with Gasteiger partial charge in [0.15, 0.2) is 12.4 Å². The summed E-state index contributed by atoms with van der Waals surface area (Å²) in [7, 11) is 0. The van der Waals surface area contributed by atoms with Crippen LogP contribution in [0.25, 0.3) is 22.3 Å². The number of aromatic nitrogens is 2. The number of rotatable bonds is 7. The van der Waals surface area contributed by atoms with Gasteiger partial charge in [0.1, 0.15) is 5.82 Å². The van der Waals surface area contributed by atoms with Gasteiger partial charge in [-0.2, -0.15) is 13.2 Å². The zero-order valence-corrected chi connectivity index (χ0v) is 16.8. The van der Waals surface area contributed by atoms with Gasteiger partial charge in [0.2, 0.25) is 0 Å². The van der Waals surface area contributed by atoms with Crippen LogP contribution >= 0.6 is 11.6 Å². The average Bonchev–Trinajstić information content (AvgIpc) is 2.70. The van der Waals surface area contributed by atoms with Crippen molar-refractivity contribution in [2.45, 2.75) is 13.1 Å². The number of oxime groups is 1. The lowest BCUT2D eigenvalue weighted by Gasteiger charge is -2.12. The van der Waals surface area contributed by atoms with Gasteiger partial charge in [0.05, 0.1) is 22.3 Å². The van der Waals surface area contributed by atoms with E-state index in [0.29, 0.717) is 34.2 Å². The van der Waals surface area contributed by atoms with Gasteiger partial charge in [0, 0.05) is 17.5 Å². The Morgan fingerprint density at radius 3 is 2.57 bits per heavy atom. The Morgan fingerprint density at radius 2 is 1.93 bits per heavy atom. The minimum Gasteiger partial charge on any atom is -0.390 e. The Labute approximate surface area is 176 Å². The van der Waals surface area contributed by atoms with Gasteiger partial charge in [-0.3, -0.25) is 0 Å². The molecule has 156 valence electrons. The van der Waals surface area contributed by atoms with Crippen molar-refractivity contribution in [1.82, 2.24) is 9.97 Å². The molecule has 0 saturated heterocycles. The van der Waals surface area contributed by atoms with Crippen LogP contribution in [0.2, 0.25) is 0 Å². The topological polar surface area (TPSA) is 59.4 Å². The van der Waals surface area contributed by atoms with Crippen molar-refractivity contribution in [2.24, 2.45) is 5.16 Å². The number of benzene rings is 2. The fourth-order valence-electron chi connectivity index (χ4n) is 2.66. The summed E-state index contributed by atoms with van der Waals surface area (Å²) in [5, 5.41) is 7.72. The first-order valence-electron chi connectivity index (χ1n) is 9.00. The van der Waals surface area contributed by atoms with Crippen molar-refractivity contribution in [3.8, 4) is 11.4 Å². The van der Waals surface area contributed by atoms with Gasteiger partial charge in [-0.15, -0.1) is 0 Å².